The minimum Gasteiger partial charge on any atom is -0.459 e. The van der Waals surface area contributed by atoms with Crippen molar-refractivity contribution >= 4 is 5.97 Å². The SMILES string of the molecule is CCN(Cc1ccccc1-c1cccnc1)[C@@H]1CCC(c2ncccc2C(=O)OC(C)C)C1. The first-order valence-corrected chi connectivity index (χ1v) is 11.9. The lowest BCUT2D eigenvalue weighted by atomic mass is 9.97. The maximum Gasteiger partial charge on any atom is 0.340 e. The van der Waals surface area contributed by atoms with E-state index in [1.165, 1.54) is 11.1 Å². The number of esters is 1. The molecule has 5 heteroatoms. The highest BCUT2D eigenvalue weighted by Crippen LogP contribution is 2.38. The van der Waals surface area contributed by atoms with Crippen LogP contribution in [-0.2, 0) is 11.3 Å². The van der Waals surface area contributed by atoms with Crippen molar-refractivity contribution in [3.63, 3.8) is 0 Å². The van der Waals surface area contributed by atoms with E-state index < -0.39 is 0 Å². The van der Waals surface area contributed by atoms with E-state index in [-0.39, 0.29) is 18.0 Å². The molecular weight excluding hydrogens is 410 g/mol. The Morgan fingerprint density at radius 3 is 2.67 bits per heavy atom. The molecule has 1 aromatic carbocycles. The van der Waals surface area contributed by atoms with E-state index in [0.29, 0.717) is 11.6 Å². The Morgan fingerprint density at radius 1 is 1.09 bits per heavy atom. The van der Waals surface area contributed by atoms with Gasteiger partial charge in [-0.3, -0.25) is 14.9 Å². The summed E-state index contributed by atoms with van der Waals surface area (Å²) in [5.41, 5.74) is 5.20. The van der Waals surface area contributed by atoms with Crippen molar-refractivity contribution in [3.8, 4) is 11.1 Å². The molecule has 1 aliphatic carbocycles. The number of carbonyl (C=O) groups excluding carboxylic acids is 1. The highest BCUT2D eigenvalue weighted by molar-refractivity contribution is 5.90. The van der Waals surface area contributed by atoms with E-state index >= 15 is 0 Å². The lowest BCUT2D eigenvalue weighted by Crippen LogP contribution is -2.33. The number of aromatic nitrogens is 2. The normalized spacial score (nSPS) is 18.1. The Morgan fingerprint density at radius 2 is 1.91 bits per heavy atom. The zero-order valence-electron chi connectivity index (χ0n) is 19.8. The van der Waals surface area contributed by atoms with Gasteiger partial charge in [0.05, 0.1) is 17.4 Å². The smallest absolute Gasteiger partial charge is 0.340 e. The molecule has 33 heavy (non-hydrogen) atoms. The number of nitrogens with zero attached hydrogens (tertiary/aromatic N) is 3. The summed E-state index contributed by atoms with van der Waals surface area (Å²) in [6.07, 6.45) is 8.52. The monoisotopic (exact) mass is 443 g/mol. The van der Waals surface area contributed by atoms with Crippen LogP contribution in [0.25, 0.3) is 11.1 Å². The highest BCUT2D eigenvalue weighted by Gasteiger charge is 2.33. The number of carbonyl (C=O) groups is 1. The van der Waals surface area contributed by atoms with Crippen LogP contribution >= 0.6 is 0 Å². The fourth-order valence-electron chi connectivity index (χ4n) is 4.91. The minimum absolute atomic E-state index is 0.141. The first kappa shape index (κ1) is 23.1. The van der Waals surface area contributed by atoms with Gasteiger partial charge in [-0.15, -0.1) is 0 Å². The van der Waals surface area contributed by atoms with Gasteiger partial charge in [-0.25, -0.2) is 4.79 Å². The Kier molecular flexibility index (Phi) is 7.50. The van der Waals surface area contributed by atoms with Crippen LogP contribution in [0, 0.1) is 0 Å². The molecule has 1 fully saturated rings. The van der Waals surface area contributed by atoms with Crippen molar-refractivity contribution in [1.82, 2.24) is 14.9 Å². The van der Waals surface area contributed by atoms with Crippen LogP contribution in [0.1, 0.15) is 67.6 Å². The molecule has 1 aliphatic rings. The number of rotatable bonds is 8. The van der Waals surface area contributed by atoms with Crippen LogP contribution in [0.2, 0.25) is 0 Å². The van der Waals surface area contributed by atoms with Crippen molar-refractivity contribution < 1.29 is 9.53 Å². The van der Waals surface area contributed by atoms with Crippen LogP contribution in [-0.4, -0.2) is 39.5 Å². The summed E-state index contributed by atoms with van der Waals surface area (Å²) in [7, 11) is 0. The standard InChI is InChI=1S/C28H33N3O2/c1-4-31(19-23-9-5-6-11-25(23)22-10-7-15-29-18-22)24-14-13-21(17-24)27-26(12-8-16-30-27)28(32)33-20(2)3/h5-12,15-16,18,20-21,24H,4,13-14,17,19H2,1-3H3/t21?,24-/m1/s1. The number of benzene rings is 1. The summed E-state index contributed by atoms with van der Waals surface area (Å²) < 4.78 is 5.47. The van der Waals surface area contributed by atoms with Gasteiger partial charge in [-0.2, -0.15) is 0 Å². The van der Waals surface area contributed by atoms with E-state index in [1.807, 2.05) is 44.4 Å². The third kappa shape index (κ3) is 5.48. The van der Waals surface area contributed by atoms with Crippen molar-refractivity contribution in [2.75, 3.05) is 6.54 Å². The Bertz CT molecular complexity index is 1070. The molecule has 1 unspecified atom stereocenters. The van der Waals surface area contributed by atoms with Crippen LogP contribution < -0.4 is 0 Å². The molecule has 2 heterocycles. The molecule has 0 spiro atoms. The van der Waals surface area contributed by atoms with Crippen LogP contribution in [0.15, 0.2) is 67.1 Å². The number of pyridine rings is 2. The minimum atomic E-state index is -0.269. The van der Waals surface area contributed by atoms with E-state index in [1.54, 1.807) is 6.20 Å². The first-order chi connectivity index (χ1) is 16.1. The molecular formula is C28H33N3O2. The summed E-state index contributed by atoms with van der Waals surface area (Å²) in [5, 5.41) is 0. The second-order valence-electron chi connectivity index (χ2n) is 9.02. The molecule has 4 rings (SSSR count). The topological polar surface area (TPSA) is 55.3 Å². The number of ether oxygens (including phenoxy) is 1. The predicted octanol–water partition coefficient (Wildman–Crippen LogP) is 5.87. The Labute approximate surface area is 196 Å². The maximum atomic E-state index is 12.6. The number of hydrogen-bond acceptors (Lipinski definition) is 5. The van der Waals surface area contributed by atoms with E-state index in [0.717, 1.165) is 43.6 Å². The third-order valence-electron chi connectivity index (χ3n) is 6.48. The van der Waals surface area contributed by atoms with Crippen LogP contribution in [0.4, 0.5) is 0 Å². The molecule has 2 atom stereocenters. The van der Waals surface area contributed by atoms with E-state index in [4.69, 9.17) is 4.74 Å². The second kappa shape index (κ2) is 10.7. The van der Waals surface area contributed by atoms with Crippen LogP contribution in [0.5, 0.6) is 0 Å². The van der Waals surface area contributed by atoms with Gasteiger partial charge in [0, 0.05) is 42.7 Å². The summed E-state index contributed by atoms with van der Waals surface area (Å²) in [5.74, 6) is 0.00262. The lowest BCUT2D eigenvalue weighted by Gasteiger charge is -2.29. The Balaban J connectivity index is 1.51. The van der Waals surface area contributed by atoms with Gasteiger partial charge >= 0.3 is 5.97 Å². The van der Waals surface area contributed by atoms with Gasteiger partial charge < -0.3 is 4.74 Å². The van der Waals surface area contributed by atoms with Gasteiger partial charge in [0.2, 0.25) is 0 Å². The third-order valence-corrected chi connectivity index (χ3v) is 6.48. The molecule has 0 bridgehead atoms. The van der Waals surface area contributed by atoms with Crippen molar-refractivity contribution in [2.24, 2.45) is 0 Å². The second-order valence-corrected chi connectivity index (χ2v) is 9.02. The van der Waals surface area contributed by atoms with Crippen molar-refractivity contribution in [1.29, 1.82) is 0 Å². The molecule has 172 valence electrons. The average Bonchev–Trinajstić information content (AvgIpc) is 3.33. The molecule has 0 radical (unpaired) electrons. The van der Waals surface area contributed by atoms with E-state index in [9.17, 15) is 4.79 Å². The van der Waals surface area contributed by atoms with E-state index in [2.05, 4.69) is 52.1 Å². The summed E-state index contributed by atoms with van der Waals surface area (Å²) in [6.45, 7) is 7.85. The molecule has 0 aliphatic heterocycles. The molecule has 5 nitrogen and oxygen atoms in total. The van der Waals surface area contributed by atoms with Gasteiger partial charge in [-0.05, 0) is 69.0 Å². The molecule has 0 amide bonds. The summed E-state index contributed by atoms with van der Waals surface area (Å²) in [4.78, 5) is 24.1. The number of hydrogen-bond donors (Lipinski definition) is 0. The summed E-state index contributed by atoms with van der Waals surface area (Å²) >= 11 is 0. The van der Waals surface area contributed by atoms with Gasteiger partial charge in [-0.1, -0.05) is 37.3 Å². The molecule has 1 saturated carbocycles. The molecule has 0 saturated heterocycles. The zero-order chi connectivity index (χ0) is 23.2. The highest BCUT2D eigenvalue weighted by atomic mass is 16.5. The van der Waals surface area contributed by atoms with Gasteiger partial charge in [0.15, 0.2) is 0 Å². The largest absolute Gasteiger partial charge is 0.459 e. The predicted molar refractivity (Wildman–Crippen MR) is 131 cm³/mol. The molecule has 2 aromatic heterocycles. The first-order valence-electron chi connectivity index (χ1n) is 11.9. The van der Waals surface area contributed by atoms with Crippen molar-refractivity contribution in [3.05, 3.63) is 83.9 Å². The lowest BCUT2D eigenvalue weighted by molar-refractivity contribution is 0.0375. The fraction of sp³-hybridized carbons (Fsp3) is 0.393. The van der Waals surface area contributed by atoms with Crippen LogP contribution in [0.3, 0.4) is 0 Å². The van der Waals surface area contributed by atoms with Gasteiger partial charge in [0.1, 0.15) is 0 Å². The quantitative estimate of drug-likeness (QED) is 0.408. The summed E-state index contributed by atoms with van der Waals surface area (Å²) in [6, 6.07) is 16.8. The molecule has 3 aromatic rings. The average molecular weight is 444 g/mol. The van der Waals surface area contributed by atoms with Gasteiger partial charge in [0.25, 0.3) is 0 Å². The molecule has 0 N–H and O–H groups in total. The van der Waals surface area contributed by atoms with Crippen molar-refractivity contribution in [2.45, 2.75) is 64.6 Å². The fourth-order valence-corrected chi connectivity index (χ4v) is 4.91. The maximum absolute atomic E-state index is 12.6. The zero-order valence-corrected chi connectivity index (χ0v) is 19.8. The Hall–Kier alpha value is -3.05.